The SMILES string of the molecule is C=C/C(C)=C/C[C@H](O)C(=C)C. The van der Waals surface area contributed by atoms with Gasteiger partial charge in [0.1, 0.15) is 0 Å². The lowest BCUT2D eigenvalue weighted by atomic mass is 10.1. The molecule has 0 aromatic rings. The summed E-state index contributed by atoms with van der Waals surface area (Å²) in [6.45, 7) is 11.0. The standard InChI is InChI=1S/C10H16O/c1-5-9(4)6-7-10(11)8(2)3/h5-6,10-11H,1-2,7H2,3-4H3/b9-6+/t10-/m0/s1. The highest BCUT2D eigenvalue weighted by Gasteiger charge is 2.00. The fourth-order valence-corrected chi connectivity index (χ4v) is 0.582. The van der Waals surface area contributed by atoms with Gasteiger partial charge in [0, 0.05) is 0 Å². The van der Waals surface area contributed by atoms with Gasteiger partial charge in [-0.05, 0) is 20.3 Å². The van der Waals surface area contributed by atoms with Gasteiger partial charge in [0.2, 0.25) is 0 Å². The van der Waals surface area contributed by atoms with Gasteiger partial charge in [-0.25, -0.2) is 0 Å². The molecule has 0 fully saturated rings. The molecule has 1 atom stereocenters. The molecule has 0 spiro atoms. The van der Waals surface area contributed by atoms with Crippen LogP contribution in [-0.4, -0.2) is 11.2 Å². The van der Waals surface area contributed by atoms with Crippen molar-refractivity contribution in [1.29, 1.82) is 0 Å². The number of aliphatic hydroxyl groups is 1. The Morgan fingerprint density at radius 2 is 2.09 bits per heavy atom. The van der Waals surface area contributed by atoms with Gasteiger partial charge in [0.25, 0.3) is 0 Å². The van der Waals surface area contributed by atoms with Gasteiger partial charge in [0.15, 0.2) is 0 Å². The zero-order chi connectivity index (χ0) is 8.85. The molecule has 0 saturated carbocycles. The molecule has 0 rings (SSSR count). The van der Waals surface area contributed by atoms with Crippen molar-refractivity contribution < 1.29 is 5.11 Å². The van der Waals surface area contributed by atoms with Gasteiger partial charge < -0.3 is 5.11 Å². The van der Waals surface area contributed by atoms with Crippen molar-refractivity contribution in [2.24, 2.45) is 0 Å². The first kappa shape index (κ1) is 10.2. The minimum atomic E-state index is -0.412. The van der Waals surface area contributed by atoms with Crippen LogP contribution in [0, 0.1) is 0 Å². The molecule has 0 bridgehead atoms. The molecule has 1 heteroatoms. The molecule has 1 N–H and O–H groups in total. The summed E-state index contributed by atoms with van der Waals surface area (Å²) >= 11 is 0. The van der Waals surface area contributed by atoms with Gasteiger partial charge in [0.05, 0.1) is 6.10 Å². The van der Waals surface area contributed by atoms with Crippen molar-refractivity contribution in [2.45, 2.75) is 26.4 Å². The minimum Gasteiger partial charge on any atom is -0.388 e. The lowest BCUT2D eigenvalue weighted by Gasteiger charge is -2.06. The topological polar surface area (TPSA) is 20.2 Å². The first-order chi connectivity index (χ1) is 5.07. The van der Waals surface area contributed by atoms with E-state index < -0.39 is 6.10 Å². The lowest BCUT2D eigenvalue weighted by molar-refractivity contribution is 0.215. The molecule has 0 heterocycles. The molecule has 1 nitrogen and oxygen atoms in total. The van der Waals surface area contributed by atoms with E-state index in [4.69, 9.17) is 0 Å². The lowest BCUT2D eigenvalue weighted by Crippen LogP contribution is -2.04. The van der Waals surface area contributed by atoms with Crippen molar-refractivity contribution in [3.8, 4) is 0 Å². The van der Waals surface area contributed by atoms with E-state index in [0.717, 1.165) is 11.1 Å². The number of hydrogen-bond acceptors (Lipinski definition) is 1. The van der Waals surface area contributed by atoms with E-state index in [-0.39, 0.29) is 0 Å². The van der Waals surface area contributed by atoms with E-state index in [1.54, 1.807) is 6.08 Å². The van der Waals surface area contributed by atoms with Crippen LogP contribution in [0.4, 0.5) is 0 Å². The minimum absolute atomic E-state index is 0.412. The Balaban J connectivity index is 3.87. The number of rotatable bonds is 4. The number of aliphatic hydroxyl groups excluding tert-OH is 1. The molecule has 11 heavy (non-hydrogen) atoms. The predicted molar refractivity (Wildman–Crippen MR) is 49.4 cm³/mol. The van der Waals surface area contributed by atoms with Gasteiger partial charge in [-0.3, -0.25) is 0 Å². The number of allylic oxidation sites excluding steroid dienone is 2. The summed E-state index contributed by atoms with van der Waals surface area (Å²) in [6.07, 6.45) is 3.94. The molecule has 0 aromatic heterocycles. The molecule has 0 aliphatic carbocycles. The van der Waals surface area contributed by atoms with Gasteiger partial charge in [-0.2, -0.15) is 0 Å². The monoisotopic (exact) mass is 152 g/mol. The third-order valence-corrected chi connectivity index (χ3v) is 1.55. The molecule has 0 aliphatic rings. The fraction of sp³-hybridized carbons (Fsp3) is 0.400. The largest absolute Gasteiger partial charge is 0.388 e. The fourth-order valence-electron chi connectivity index (χ4n) is 0.582. The zero-order valence-corrected chi connectivity index (χ0v) is 7.30. The van der Waals surface area contributed by atoms with Crippen LogP contribution >= 0.6 is 0 Å². The average molecular weight is 152 g/mol. The second kappa shape index (κ2) is 4.91. The number of hydrogen-bond donors (Lipinski definition) is 1. The highest BCUT2D eigenvalue weighted by atomic mass is 16.3. The molecule has 0 aromatic carbocycles. The van der Waals surface area contributed by atoms with E-state index in [2.05, 4.69) is 13.2 Å². The van der Waals surface area contributed by atoms with Crippen molar-refractivity contribution in [2.75, 3.05) is 0 Å². The van der Waals surface area contributed by atoms with Crippen LogP contribution in [0.15, 0.2) is 36.5 Å². The van der Waals surface area contributed by atoms with Crippen LogP contribution in [0.25, 0.3) is 0 Å². The summed E-state index contributed by atoms with van der Waals surface area (Å²) < 4.78 is 0. The van der Waals surface area contributed by atoms with E-state index in [1.807, 2.05) is 19.9 Å². The molecule has 0 unspecified atom stereocenters. The normalized spacial score (nSPS) is 14.3. The van der Waals surface area contributed by atoms with Crippen molar-refractivity contribution >= 4 is 0 Å². The summed E-state index contributed by atoms with van der Waals surface area (Å²) in [5.74, 6) is 0. The van der Waals surface area contributed by atoms with E-state index in [1.165, 1.54) is 0 Å². The van der Waals surface area contributed by atoms with Crippen LogP contribution in [0.2, 0.25) is 0 Å². The zero-order valence-electron chi connectivity index (χ0n) is 7.30. The smallest absolute Gasteiger partial charge is 0.0779 e. The quantitative estimate of drug-likeness (QED) is 0.484. The highest BCUT2D eigenvalue weighted by molar-refractivity contribution is 5.14. The van der Waals surface area contributed by atoms with Crippen LogP contribution in [0.3, 0.4) is 0 Å². The second-order valence-electron chi connectivity index (χ2n) is 2.75. The summed E-state index contributed by atoms with van der Waals surface area (Å²) in [5, 5.41) is 9.29. The van der Waals surface area contributed by atoms with Crippen molar-refractivity contribution in [3.05, 3.63) is 36.5 Å². The van der Waals surface area contributed by atoms with Crippen LogP contribution in [0.1, 0.15) is 20.3 Å². The molecule has 0 radical (unpaired) electrons. The third-order valence-electron chi connectivity index (χ3n) is 1.55. The van der Waals surface area contributed by atoms with Crippen LogP contribution < -0.4 is 0 Å². The molecular formula is C10H16O. The Bertz CT molecular complexity index is 177. The maximum atomic E-state index is 9.29. The Labute approximate surface area is 68.7 Å². The summed E-state index contributed by atoms with van der Waals surface area (Å²) in [6, 6.07) is 0. The summed E-state index contributed by atoms with van der Waals surface area (Å²) in [4.78, 5) is 0. The molecule has 0 amide bonds. The van der Waals surface area contributed by atoms with E-state index in [9.17, 15) is 5.11 Å². The van der Waals surface area contributed by atoms with Gasteiger partial charge >= 0.3 is 0 Å². The second-order valence-corrected chi connectivity index (χ2v) is 2.75. The van der Waals surface area contributed by atoms with E-state index >= 15 is 0 Å². The first-order valence-corrected chi connectivity index (χ1v) is 3.70. The molecule has 62 valence electrons. The van der Waals surface area contributed by atoms with Crippen LogP contribution in [0.5, 0.6) is 0 Å². The average Bonchev–Trinajstić information content (AvgIpc) is 1.99. The van der Waals surface area contributed by atoms with Crippen molar-refractivity contribution in [1.82, 2.24) is 0 Å². The Morgan fingerprint density at radius 1 is 1.55 bits per heavy atom. The molecule has 0 saturated heterocycles. The highest BCUT2D eigenvalue weighted by Crippen LogP contribution is 2.05. The maximum absolute atomic E-state index is 9.29. The van der Waals surface area contributed by atoms with E-state index in [0.29, 0.717) is 6.42 Å². The Kier molecular flexibility index (Phi) is 4.55. The summed E-state index contributed by atoms with van der Waals surface area (Å²) in [7, 11) is 0. The first-order valence-electron chi connectivity index (χ1n) is 3.70. The maximum Gasteiger partial charge on any atom is 0.0779 e. The third kappa shape index (κ3) is 4.57. The Hall–Kier alpha value is -0.820. The molecular weight excluding hydrogens is 136 g/mol. The van der Waals surface area contributed by atoms with Crippen molar-refractivity contribution in [3.63, 3.8) is 0 Å². The van der Waals surface area contributed by atoms with Gasteiger partial charge in [-0.15, -0.1) is 0 Å². The molecule has 0 aliphatic heterocycles. The Morgan fingerprint density at radius 3 is 2.45 bits per heavy atom. The van der Waals surface area contributed by atoms with Crippen LogP contribution in [-0.2, 0) is 0 Å². The predicted octanol–water partition coefficient (Wildman–Crippen LogP) is 2.45. The van der Waals surface area contributed by atoms with Gasteiger partial charge in [-0.1, -0.05) is 36.5 Å². The summed E-state index contributed by atoms with van der Waals surface area (Å²) in [5.41, 5.74) is 1.89.